The molecule has 1 aromatic heterocycles. The summed E-state index contributed by atoms with van der Waals surface area (Å²) in [6, 6.07) is 16.1. The number of carbonyl (C=O) groups is 1. The fourth-order valence-electron chi connectivity index (χ4n) is 2.02. The van der Waals surface area contributed by atoms with Crippen LogP contribution in [0.4, 0.5) is 0 Å². The normalized spacial score (nSPS) is 11.0. The fraction of sp³-hybridized carbons (Fsp3) is 0.0526. The topological polar surface area (TPSA) is 63.8 Å². The molecule has 0 bridgehead atoms. The molecule has 0 aliphatic rings. The van der Waals surface area contributed by atoms with Gasteiger partial charge in [-0.15, -0.1) is 0 Å². The second kappa shape index (κ2) is 10.0. The summed E-state index contributed by atoms with van der Waals surface area (Å²) < 4.78 is 11.8. The van der Waals surface area contributed by atoms with Crippen LogP contribution < -0.4 is 10.2 Å². The Balaban J connectivity index is 1.52. The third kappa shape index (κ3) is 6.04. The molecule has 0 unspecified atom stereocenters. The highest BCUT2D eigenvalue weighted by atomic mass is 79.9. The summed E-state index contributed by atoms with van der Waals surface area (Å²) in [6.45, 7) is -0.208. The van der Waals surface area contributed by atoms with E-state index in [1.165, 1.54) is 18.0 Å². The number of carbonyl (C=O) groups excluding carboxylic acids is 1. The summed E-state index contributed by atoms with van der Waals surface area (Å²) >= 11 is 16.7. The van der Waals surface area contributed by atoms with E-state index in [0.29, 0.717) is 26.6 Å². The summed E-state index contributed by atoms with van der Waals surface area (Å²) in [5, 5.41) is 5.64. The molecule has 0 atom stereocenters. The summed E-state index contributed by atoms with van der Waals surface area (Å²) in [4.78, 5) is 12.8. The SMILES string of the molecule is O=C(COc1ccccc1Cl)N/N=C/c1cc(Br)c(Sc2ccc(Cl)cc2)o1. The molecule has 0 aliphatic heterocycles. The van der Waals surface area contributed by atoms with E-state index in [2.05, 4.69) is 26.5 Å². The third-order valence-electron chi connectivity index (χ3n) is 3.28. The zero-order valence-corrected chi connectivity index (χ0v) is 18.1. The van der Waals surface area contributed by atoms with Crippen LogP contribution >= 0.6 is 50.9 Å². The molecule has 1 heterocycles. The summed E-state index contributed by atoms with van der Waals surface area (Å²) in [5.74, 6) is 0.496. The van der Waals surface area contributed by atoms with Crippen molar-refractivity contribution in [3.63, 3.8) is 0 Å². The van der Waals surface area contributed by atoms with E-state index in [0.717, 1.165) is 9.37 Å². The van der Waals surface area contributed by atoms with E-state index in [4.69, 9.17) is 32.4 Å². The number of para-hydroxylation sites is 1. The van der Waals surface area contributed by atoms with Crippen LogP contribution in [0, 0.1) is 0 Å². The predicted octanol–water partition coefficient (Wildman–Crippen LogP) is 6.03. The Labute approximate surface area is 184 Å². The van der Waals surface area contributed by atoms with Crippen molar-refractivity contribution in [2.24, 2.45) is 5.10 Å². The van der Waals surface area contributed by atoms with Gasteiger partial charge in [0, 0.05) is 16.0 Å². The predicted molar refractivity (Wildman–Crippen MR) is 115 cm³/mol. The highest BCUT2D eigenvalue weighted by molar-refractivity contribution is 9.10. The number of furan rings is 1. The van der Waals surface area contributed by atoms with Gasteiger partial charge in [0.1, 0.15) is 11.5 Å². The number of hydrogen-bond donors (Lipinski definition) is 1. The van der Waals surface area contributed by atoms with Gasteiger partial charge >= 0.3 is 0 Å². The molecule has 1 N–H and O–H groups in total. The van der Waals surface area contributed by atoms with Gasteiger partial charge in [-0.3, -0.25) is 4.79 Å². The Bertz CT molecular complexity index is 993. The summed E-state index contributed by atoms with van der Waals surface area (Å²) in [7, 11) is 0. The first-order valence-electron chi connectivity index (χ1n) is 7.93. The zero-order valence-electron chi connectivity index (χ0n) is 14.2. The van der Waals surface area contributed by atoms with Crippen LogP contribution in [0.15, 0.2) is 78.6 Å². The number of nitrogens with zero attached hydrogens (tertiary/aromatic N) is 1. The third-order valence-corrected chi connectivity index (χ3v) is 5.69. The number of halogens is 3. The van der Waals surface area contributed by atoms with Gasteiger partial charge in [-0.05, 0) is 52.3 Å². The van der Waals surface area contributed by atoms with E-state index in [-0.39, 0.29) is 6.61 Å². The van der Waals surface area contributed by atoms with Gasteiger partial charge in [-0.1, -0.05) is 47.1 Å². The minimum Gasteiger partial charge on any atom is -0.482 e. The molecule has 2 aromatic carbocycles. The molecule has 0 radical (unpaired) electrons. The molecule has 0 saturated heterocycles. The van der Waals surface area contributed by atoms with Crippen LogP contribution in [0.25, 0.3) is 0 Å². The van der Waals surface area contributed by atoms with Crippen molar-refractivity contribution in [2.75, 3.05) is 6.61 Å². The molecule has 3 rings (SSSR count). The molecule has 1 amide bonds. The smallest absolute Gasteiger partial charge is 0.277 e. The number of nitrogens with one attached hydrogen (secondary N) is 1. The molecule has 9 heteroatoms. The number of ether oxygens (including phenoxy) is 1. The number of hydrazone groups is 1. The molecule has 3 aromatic rings. The second-order valence-corrected chi connectivity index (χ2v) is 8.10. The molecule has 0 spiro atoms. The monoisotopic (exact) mass is 498 g/mol. The maximum atomic E-state index is 11.8. The van der Waals surface area contributed by atoms with Gasteiger partial charge in [0.05, 0.1) is 15.7 Å². The van der Waals surface area contributed by atoms with Crippen molar-refractivity contribution in [2.45, 2.75) is 9.99 Å². The van der Waals surface area contributed by atoms with E-state index >= 15 is 0 Å². The largest absolute Gasteiger partial charge is 0.482 e. The Kier molecular flexibility index (Phi) is 7.44. The van der Waals surface area contributed by atoms with Crippen LogP contribution in [0.1, 0.15) is 5.76 Å². The zero-order chi connectivity index (χ0) is 19.9. The van der Waals surface area contributed by atoms with Gasteiger partial charge in [-0.25, -0.2) is 5.43 Å². The fourth-order valence-corrected chi connectivity index (χ4v) is 3.66. The maximum absolute atomic E-state index is 11.8. The first kappa shape index (κ1) is 20.8. The van der Waals surface area contributed by atoms with Crippen LogP contribution in [0.5, 0.6) is 5.75 Å². The van der Waals surface area contributed by atoms with Gasteiger partial charge in [-0.2, -0.15) is 5.10 Å². The Morgan fingerprint density at radius 1 is 1.21 bits per heavy atom. The average molecular weight is 500 g/mol. The van der Waals surface area contributed by atoms with E-state index < -0.39 is 5.91 Å². The molecule has 0 aliphatic carbocycles. The quantitative estimate of drug-likeness (QED) is 0.318. The van der Waals surface area contributed by atoms with Crippen molar-refractivity contribution < 1.29 is 13.9 Å². The lowest BCUT2D eigenvalue weighted by atomic mass is 10.3. The Morgan fingerprint density at radius 3 is 2.71 bits per heavy atom. The Morgan fingerprint density at radius 2 is 1.96 bits per heavy atom. The number of rotatable bonds is 7. The number of hydrogen-bond acceptors (Lipinski definition) is 5. The van der Waals surface area contributed by atoms with Crippen LogP contribution in [0.3, 0.4) is 0 Å². The van der Waals surface area contributed by atoms with E-state index in [1.54, 1.807) is 30.3 Å². The van der Waals surface area contributed by atoms with Crippen molar-refractivity contribution in [1.29, 1.82) is 0 Å². The lowest BCUT2D eigenvalue weighted by Crippen LogP contribution is -2.24. The van der Waals surface area contributed by atoms with Gasteiger partial charge in [0.15, 0.2) is 11.7 Å². The highest BCUT2D eigenvalue weighted by Crippen LogP contribution is 2.35. The summed E-state index contributed by atoms with van der Waals surface area (Å²) in [5.41, 5.74) is 2.37. The lowest BCUT2D eigenvalue weighted by molar-refractivity contribution is -0.123. The number of amides is 1. The average Bonchev–Trinajstić information content (AvgIpc) is 3.02. The van der Waals surface area contributed by atoms with Crippen LogP contribution in [-0.2, 0) is 4.79 Å². The minimum absolute atomic E-state index is 0.208. The van der Waals surface area contributed by atoms with Crippen molar-refractivity contribution in [3.8, 4) is 5.75 Å². The van der Waals surface area contributed by atoms with Crippen molar-refractivity contribution >= 4 is 63.0 Å². The van der Waals surface area contributed by atoms with Gasteiger partial charge in [0.25, 0.3) is 5.91 Å². The first-order valence-corrected chi connectivity index (χ1v) is 10.3. The number of benzene rings is 2. The molecular formula is C19H13BrCl2N2O3S. The van der Waals surface area contributed by atoms with Crippen molar-refractivity contribution in [3.05, 3.63) is 74.9 Å². The maximum Gasteiger partial charge on any atom is 0.277 e. The first-order chi connectivity index (χ1) is 13.5. The molecule has 5 nitrogen and oxygen atoms in total. The lowest BCUT2D eigenvalue weighted by Gasteiger charge is -2.05. The molecule has 144 valence electrons. The second-order valence-electron chi connectivity index (χ2n) is 5.35. The van der Waals surface area contributed by atoms with E-state index in [1.807, 2.05) is 24.3 Å². The Hall–Kier alpha value is -1.93. The summed E-state index contributed by atoms with van der Waals surface area (Å²) in [6.07, 6.45) is 1.41. The van der Waals surface area contributed by atoms with Crippen molar-refractivity contribution in [1.82, 2.24) is 5.43 Å². The molecule has 28 heavy (non-hydrogen) atoms. The van der Waals surface area contributed by atoms with Crippen LogP contribution in [-0.4, -0.2) is 18.7 Å². The van der Waals surface area contributed by atoms with E-state index in [9.17, 15) is 4.79 Å². The van der Waals surface area contributed by atoms with Gasteiger partial charge in [0.2, 0.25) is 0 Å². The standard InChI is InChI=1S/C19H13BrCl2N2O3S/c20-15-9-13(27-19(15)28-14-7-5-12(21)6-8-14)10-23-24-18(25)11-26-17-4-2-1-3-16(17)22/h1-10H,11H2,(H,24,25)/b23-10+. The molecule has 0 fully saturated rings. The molecule has 0 saturated carbocycles. The minimum atomic E-state index is -0.419. The highest BCUT2D eigenvalue weighted by Gasteiger charge is 2.10. The molecular weight excluding hydrogens is 487 g/mol. The van der Waals surface area contributed by atoms with Crippen LogP contribution in [0.2, 0.25) is 10.0 Å². The van der Waals surface area contributed by atoms with Gasteiger partial charge < -0.3 is 9.15 Å².